The smallest absolute Gasteiger partial charge is 0.295 e. The van der Waals surface area contributed by atoms with Crippen molar-refractivity contribution in [1.82, 2.24) is 0 Å². The third kappa shape index (κ3) is 2.72. The Balaban J connectivity index is 1.84. The number of carbonyl (C=O) groups is 2. The van der Waals surface area contributed by atoms with Crippen LogP contribution in [0.3, 0.4) is 0 Å². The monoisotopic (exact) mass is 312 g/mol. The molecule has 0 radical (unpaired) electrons. The number of rotatable bonds is 3. The Labute approximate surface area is 133 Å². The second kappa shape index (κ2) is 5.85. The summed E-state index contributed by atoms with van der Waals surface area (Å²) in [6, 6.07) is 15.0. The summed E-state index contributed by atoms with van der Waals surface area (Å²) in [5.41, 5.74) is 3.64. The van der Waals surface area contributed by atoms with Gasteiger partial charge in [-0.3, -0.25) is 9.59 Å². The summed E-state index contributed by atoms with van der Waals surface area (Å²) in [7, 11) is 0. The van der Waals surface area contributed by atoms with E-state index in [0.717, 1.165) is 28.6 Å². The van der Waals surface area contributed by atoms with Gasteiger partial charge in [0.25, 0.3) is 11.1 Å². The number of imide groups is 1. The topological polar surface area (TPSA) is 49.4 Å². The minimum Gasteiger partial charge on any atom is -0.365 e. The fourth-order valence-corrected chi connectivity index (χ4v) is 3.24. The first-order valence-corrected chi connectivity index (χ1v) is 7.87. The van der Waals surface area contributed by atoms with E-state index in [9.17, 15) is 9.59 Å². The van der Waals surface area contributed by atoms with Crippen molar-refractivity contribution >= 4 is 34.3 Å². The molecular formula is C17H16N2O2S. The number of thioether (sulfide) groups is 1. The average Bonchev–Trinajstić information content (AvgIpc) is 2.78. The first-order chi connectivity index (χ1) is 10.6. The predicted molar refractivity (Wildman–Crippen MR) is 90.2 cm³/mol. The lowest BCUT2D eigenvalue weighted by atomic mass is 10.1. The molecule has 1 N–H and O–H groups in total. The first-order valence-electron chi connectivity index (χ1n) is 6.99. The summed E-state index contributed by atoms with van der Waals surface area (Å²) < 4.78 is 0. The second-order valence-electron chi connectivity index (χ2n) is 5.24. The zero-order valence-electron chi connectivity index (χ0n) is 12.4. The normalized spacial score (nSPS) is 17.9. The zero-order chi connectivity index (χ0) is 15.7. The fraction of sp³-hybridized carbons (Fsp3) is 0.176. The van der Waals surface area contributed by atoms with Crippen LogP contribution in [0.4, 0.5) is 16.2 Å². The van der Waals surface area contributed by atoms with Gasteiger partial charge in [0, 0.05) is 5.69 Å². The van der Waals surface area contributed by atoms with Crippen molar-refractivity contribution in [3.8, 4) is 0 Å². The summed E-state index contributed by atoms with van der Waals surface area (Å²) in [4.78, 5) is 25.9. The molecule has 0 bridgehead atoms. The van der Waals surface area contributed by atoms with Crippen molar-refractivity contribution in [3.63, 3.8) is 0 Å². The Morgan fingerprint density at radius 2 is 1.77 bits per heavy atom. The van der Waals surface area contributed by atoms with Gasteiger partial charge >= 0.3 is 0 Å². The molecule has 2 amide bonds. The van der Waals surface area contributed by atoms with Crippen LogP contribution in [0, 0.1) is 13.8 Å². The van der Waals surface area contributed by atoms with Gasteiger partial charge < -0.3 is 5.32 Å². The van der Waals surface area contributed by atoms with E-state index in [2.05, 4.69) is 5.32 Å². The van der Waals surface area contributed by atoms with Gasteiger partial charge in [0.05, 0.1) is 5.69 Å². The minimum atomic E-state index is -0.590. The van der Waals surface area contributed by atoms with E-state index in [1.54, 1.807) is 12.1 Å². The first kappa shape index (κ1) is 14.7. The molecule has 5 heteroatoms. The largest absolute Gasteiger partial charge is 0.365 e. The maximum absolute atomic E-state index is 12.5. The maximum atomic E-state index is 12.5. The zero-order valence-corrected chi connectivity index (χ0v) is 13.2. The lowest BCUT2D eigenvalue weighted by Gasteiger charge is -2.16. The van der Waals surface area contributed by atoms with Gasteiger partial charge in [-0.05, 0) is 54.9 Å². The second-order valence-corrected chi connectivity index (χ2v) is 6.29. The molecule has 2 aromatic carbocycles. The number of anilines is 2. The van der Waals surface area contributed by atoms with E-state index in [1.807, 2.05) is 50.2 Å². The van der Waals surface area contributed by atoms with E-state index >= 15 is 0 Å². The Morgan fingerprint density at radius 1 is 1.05 bits per heavy atom. The third-order valence-electron chi connectivity index (χ3n) is 3.54. The van der Waals surface area contributed by atoms with E-state index < -0.39 is 5.37 Å². The molecule has 22 heavy (non-hydrogen) atoms. The highest BCUT2D eigenvalue weighted by atomic mass is 32.2. The van der Waals surface area contributed by atoms with Crippen LogP contribution in [0.2, 0.25) is 0 Å². The molecule has 1 aliphatic rings. The molecule has 0 spiro atoms. The number of nitrogens with one attached hydrogen (secondary N) is 1. The van der Waals surface area contributed by atoms with Crippen LogP contribution in [0.1, 0.15) is 11.1 Å². The highest BCUT2D eigenvalue weighted by Gasteiger charge is 2.40. The van der Waals surface area contributed by atoms with Crippen LogP contribution in [-0.4, -0.2) is 16.5 Å². The number of aryl methyl sites for hydroxylation is 2. The van der Waals surface area contributed by atoms with Crippen molar-refractivity contribution < 1.29 is 9.59 Å². The number of para-hydroxylation sites is 1. The summed E-state index contributed by atoms with van der Waals surface area (Å²) in [5.74, 6) is -0.234. The van der Waals surface area contributed by atoms with Crippen LogP contribution in [0.5, 0.6) is 0 Å². The highest BCUT2D eigenvalue weighted by Crippen LogP contribution is 2.33. The maximum Gasteiger partial charge on any atom is 0.295 e. The van der Waals surface area contributed by atoms with Gasteiger partial charge in [0.1, 0.15) is 0 Å². The van der Waals surface area contributed by atoms with Gasteiger partial charge in [-0.1, -0.05) is 30.3 Å². The van der Waals surface area contributed by atoms with E-state index in [4.69, 9.17) is 0 Å². The van der Waals surface area contributed by atoms with Crippen LogP contribution >= 0.6 is 11.8 Å². The minimum absolute atomic E-state index is 0.234. The molecule has 1 atom stereocenters. The predicted octanol–water partition coefficient (Wildman–Crippen LogP) is 3.94. The number of carbonyl (C=O) groups excluding carboxylic acids is 2. The lowest BCUT2D eigenvalue weighted by Crippen LogP contribution is -2.34. The van der Waals surface area contributed by atoms with Crippen molar-refractivity contribution in [2.45, 2.75) is 19.2 Å². The van der Waals surface area contributed by atoms with Gasteiger partial charge in [-0.2, -0.15) is 0 Å². The molecule has 1 saturated heterocycles. The van der Waals surface area contributed by atoms with Crippen LogP contribution in [0.25, 0.3) is 0 Å². The average molecular weight is 312 g/mol. The number of amides is 2. The summed E-state index contributed by atoms with van der Waals surface area (Å²) >= 11 is 1.01. The molecule has 1 unspecified atom stereocenters. The Morgan fingerprint density at radius 3 is 2.50 bits per heavy atom. The van der Waals surface area contributed by atoms with Gasteiger partial charge in [0.2, 0.25) is 0 Å². The van der Waals surface area contributed by atoms with Gasteiger partial charge in [0.15, 0.2) is 5.37 Å². The molecule has 4 nitrogen and oxygen atoms in total. The van der Waals surface area contributed by atoms with Crippen LogP contribution < -0.4 is 10.2 Å². The van der Waals surface area contributed by atoms with Crippen molar-refractivity contribution in [3.05, 3.63) is 59.7 Å². The molecule has 1 fully saturated rings. The van der Waals surface area contributed by atoms with Crippen LogP contribution in [-0.2, 0) is 4.79 Å². The molecule has 2 aromatic rings. The summed E-state index contributed by atoms with van der Waals surface area (Å²) in [6.45, 7) is 3.97. The highest BCUT2D eigenvalue weighted by molar-refractivity contribution is 8.16. The summed E-state index contributed by atoms with van der Waals surface area (Å²) in [5, 5.41) is 2.34. The number of benzene rings is 2. The molecule has 1 aliphatic heterocycles. The number of nitrogens with zero attached hydrogens (tertiary/aromatic N) is 1. The van der Waals surface area contributed by atoms with Crippen molar-refractivity contribution in [1.29, 1.82) is 0 Å². The van der Waals surface area contributed by atoms with Crippen molar-refractivity contribution in [2.24, 2.45) is 0 Å². The molecule has 0 saturated carbocycles. The van der Waals surface area contributed by atoms with Crippen molar-refractivity contribution in [2.75, 3.05) is 10.2 Å². The third-order valence-corrected chi connectivity index (χ3v) is 4.48. The molecule has 0 aliphatic carbocycles. The quantitative estimate of drug-likeness (QED) is 0.932. The molecule has 0 aromatic heterocycles. The Hall–Kier alpha value is -2.27. The molecule has 3 rings (SSSR count). The molecule has 112 valence electrons. The SMILES string of the molecule is Cc1ccc(C)c(NC2SC(=O)N(c3ccccc3)C2=O)c1. The summed E-state index contributed by atoms with van der Waals surface area (Å²) in [6.07, 6.45) is 0. The molecule has 1 heterocycles. The van der Waals surface area contributed by atoms with Crippen LogP contribution in [0.15, 0.2) is 48.5 Å². The number of hydrogen-bond donors (Lipinski definition) is 1. The van der Waals surface area contributed by atoms with E-state index in [-0.39, 0.29) is 11.1 Å². The Bertz CT molecular complexity index is 731. The van der Waals surface area contributed by atoms with Gasteiger partial charge in [-0.25, -0.2) is 4.90 Å². The van der Waals surface area contributed by atoms with E-state index in [0.29, 0.717) is 5.69 Å². The Kier molecular flexibility index (Phi) is 3.90. The van der Waals surface area contributed by atoms with Gasteiger partial charge in [-0.15, -0.1) is 0 Å². The number of hydrogen-bond acceptors (Lipinski definition) is 4. The van der Waals surface area contributed by atoms with E-state index in [1.165, 1.54) is 4.90 Å². The lowest BCUT2D eigenvalue weighted by molar-refractivity contribution is -0.116. The fourth-order valence-electron chi connectivity index (χ4n) is 2.34. The molecular weight excluding hydrogens is 296 g/mol. The standard InChI is InChI=1S/C17H16N2O2S/c1-11-8-9-12(2)14(10-11)18-15-16(20)19(17(21)22-15)13-6-4-3-5-7-13/h3-10,15,18H,1-2H3.